The van der Waals surface area contributed by atoms with E-state index in [4.69, 9.17) is 4.52 Å². The molecule has 0 bridgehead atoms. The van der Waals surface area contributed by atoms with Crippen LogP contribution < -0.4 is 0 Å². The Morgan fingerprint density at radius 1 is 1.08 bits per heavy atom. The van der Waals surface area contributed by atoms with Gasteiger partial charge in [0.2, 0.25) is 11.7 Å². The van der Waals surface area contributed by atoms with Crippen LogP contribution in [0.4, 0.5) is 0 Å². The standard InChI is InChI=1S/C20H23N3OS/c1-2-7-16(8-3-1)12-13-23(17-9-4-5-10-17)15-19-21-20(22-24-19)18-11-6-14-25-18/h1-3,6-8,11,14,17H,4-5,9-10,12-13,15H2. The zero-order chi connectivity index (χ0) is 16.9. The maximum Gasteiger partial charge on any atom is 0.241 e. The number of nitrogens with zero attached hydrogens (tertiary/aromatic N) is 3. The predicted molar refractivity (Wildman–Crippen MR) is 100 cm³/mol. The van der Waals surface area contributed by atoms with E-state index in [0.717, 1.165) is 30.3 Å². The van der Waals surface area contributed by atoms with Gasteiger partial charge in [0.05, 0.1) is 11.4 Å². The van der Waals surface area contributed by atoms with Gasteiger partial charge in [0.15, 0.2) is 0 Å². The third-order valence-corrected chi connectivity index (χ3v) is 5.79. The molecule has 25 heavy (non-hydrogen) atoms. The molecule has 130 valence electrons. The Morgan fingerprint density at radius 3 is 2.68 bits per heavy atom. The van der Waals surface area contributed by atoms with Crippen molar-refractivity contribution in [1.29, 1.82) is 0 Å². The highest BCUT2D eigenvalue weighted by Crippen LogP contribution is 2.26. The molecule has 1 fully saturated rings. The Kier molecular flexibility index (Phi) is 5.23. The lowest BCUT2D eigenvalue weighted by molar-refractivity contribution is 0.168. The Bertz CT molecular complexity index is 763. The molecule has 1 aromatic carbocycles. The van der Waals surface area contributed by atoms with Gasteiger partial charge in [0.1, 0.15) is 0 Å². The molecule has 2 aromatic heterocycles. The van der Waals surface area contributed by atoms with E-state index in [9.17, 15) is 0 Å². The topological polar surface area (TPSA) is 42.2 Å². The van der Waals surface area contributed by atoms with Crippen LogP contribution in [0.15, 0.2) is 52.4 Å². The van der Waals surface area contributed by atoms with Crippen molar-refractivity contribution >= 4 is 11.3 Å². The fourth-order valence-electron chi connectivity index (χ4n) is 3.58. The van der Waals surface area contributed by atoms with Crippen molar-refractivity contribution in [2.75, 3.05) is 6.54 Å². The van der Waals surface area contributed by atoms with E-state index >= 15 is 0 Å². The van der Waals surface area contributed by atoms with E-state index in [-0.39, 0.29) is 0 Å². The number of hydrogen-bond donors (Lipinski definition) is 0. The minimum atomic E-state index is 0.640. The van der Waals surface area contributed by atoms with Crippen molar-refractivity contribution in [3.8, 4) is 10.7 Å². The van der Waals surface area contributed by atoms with E-state index in [1.54, 1.807) is 11.3 Å². The fraction of sp³-hybridized carbons (Fsp3) is 0.400. The summed E-state index contributed by atoms with van der Waals surface area (Å²) in [5.41, 5.74) is 1.38. The molecule has 0 aliphatic heterocycles. The minimum absolute atomic E-state index is 0.640. The van der Waals surface area contributed by atoms with Crippen molar-refractivity contribution in [2.24, 2.45) is 0 Å². The molecule has 0 atom stereocenters. The zero-order valence-corrected chi connectivity index (χ0v) is 15.1. The molecule has 1 saturated carbocycles. The molecule has 3 aromatic rings. The van der Waals surface area contributed by atoms with Crippen LogP contribution in [0.3, 0.4) is 0 Å². The molecule has 0 spiro atoms. The molecule has 1 aliphatic carbocycles. The summed E-state index contributed by atoms with van der Waals surface area (Å²) >= 11 is 1.64. The smallest absolute Gasteiger partial charge is 0.241 e. The molecule has 0 saturated heterocycles. The van der Waals surface area contributed by atoms with Gasteiger partial charge >= 0.3 is 0 Å². The highest BCUT2D eigenvalue weighted by atomic mass is 32.1. The van der Waals surface area contributed by atoms with E-state index < -0.39 is 0 Å². The maximum atomic E-state index is 5.53. The molecule has 0 amide bonds. The third kappa shape index (κ3) is 4.17. The molecule has 2 heterocycles. The Hall–Kier alpha value is -1.98. The number of aromatic nitrogens is 2. The van der Waals surface area contributed by atoms with Gasteiger partial charge in [0.25, 0.3) is 0 Å². The molecule has 0 unspecified atom stereocenters. The number of hydrogen-bond acceptors (Lipinski definition) is 5. The van der Waals surface area contributed by atoms with Gasteiger partial charge in [-0.1, -0.05) is 54.4 Å². The second-order valence-corrected chi connectivity index (χ2v) is 7.58. The summed E-state index contributed by atoms with van der Waals surface area (Å²) in [5, 5.41) is 6.19. The first-order valence-electron chi connectivity index (χ1n) is 9.03. The van der Waals surface area contributed by atoms with Crippen molar-refractivity contribution < 1.29 is 4.52 Å². The predicted octanol–water partition coefficient (Wildman–Crippen LogP) is 4.79. The van der Waals surface area contributed by atoms with Crippen LogP contribution in [-0.2, 0) is 13.0 Å². The average molecular weight is 353 g/mol. The monoisotopic (exact) mass is 353 g/mol. The lowest BCUT2D eigenvalue weighted by Gasteiger charge is -2.27. The quantitative estimate of drug-likeness (QED) is 0.613. The van der Waals surface area contributed by atoms with Crippen molar-refractivity contribution in [1.82, 2.24) is 15.0 Å². The van der Waals surface area contributed by atoms with Crippen LogP contribution in [-0.4, -0.2) is 27.6 Å². The summed E-state index contributed by atoms with van der Waals surface area (Å²) in [6.45, 7) is 1.78. The Labute approximate surface area is 152 Å². The molecular weight excluding hydrogens is 330 g/mol. The zero-order valence-electron chi connectivity index (χ0n) is 14.3. The molecule has 0 N–H and O–H groups in total. The van der Waals surface area contributed by atoms with E-state index in [0.29, 0.717) is 11.9 Å². The minimum Gasteiger partial charge on any atom is -0.338 e. The summed E-state index contributed by atoms with van der Waals surface area (Å²) in [6.07, 6.45) is 6.28. The number of benzene rings is 1. The first-order chi connectivity index (χ1) is 12.4. The van der Waals surface area contributed by atoms with Crippen molar-refractivity contribution in [3.05, 3.63) is 59.3 Å². The fourth-order valence-corrected chi connectivity index (χ4v) is 4.23. The lowest BCUT2D eigenvalue weighted by Crippen LogP contribution is -2.34. The SMILES string of the molecule is c1ccc(CCN(Cc2nc(-c3cccs3)no2)C2CCCC2)cc1. The molecule has 0 radical (unpaired) electrons. The van der Waals surface area contributed by atoms with Crippen molar-refractivity contribution in [2.45, 2.75) is 44.7 Å². The van der Waals surface area contributed by atoms with E-state index in [1.807, 2.05) is 17.5 Å². The Morgan fingerprint density at radius 2 is 1.92 bits per heavy atom. The van der Waals surface area contributed by atoms with Gasteiger partial charge in [-0.15, -0.1) is 11.3 Å². The summed E-state index contributed by atoms with van der Waals surface area (Å²) in [4.78, 5) is 8.21. The average Bonchev–Trinajstić information content (AvgIpc) is 3.41. The van der Waals surface area contributed by atoms with Crippen LogP contribution in [0.25, 0.3) is 10.7 Å². The van der Waals surface area contributed by atoms with Crippen molar-refractivity contribution in [3.63, 3.8) is 0 Å². The van der Waals surface area contributed by atoms with Gasteiger partial charge in [-0.3, -0.25) is 4.90 Å². The largest absolute Gasteiger partial charge is 0.338 e. The van der Waals surface area contributed by atoms with Crippen LogP contribution in [0.5, 0.6) is 0 Å². The van der Waals surface area contributed by atoms with Crippen LogP contribution in [0, 0.1) is 0 Å². The van der Waals surface area contributed by atoms with Gasteiger partial charge in [-0.05, 0) is 36.3 Å². The van der Waals surface area contributed by atoms with E-state index in [2.05, 4.69) is 45.4 Å². The molecule has 1 aliphatic rings. The van der Waals surface area contributed by atoms with Gasteiger partial charge in [-0.25, -0.2) is 0 Å². The highest BCUT2D eigenvalue weighted by molar-refractivity contribution is 7.13. The first kappa shape index (κ1) is 16.5. The summed E-state index contributed by atoms with van der Waals surface area (Å²) in [6, 6.07) is 15.4. The lowest BCUT2D eigenvalue weighted by atomic mass is 10.1. The van der Waals surface area contributed by atoms with Gasteiger partial charge in [0, 0.05) is 12.6 Å². The Balaban J connectivity index is 1.44. The summed E-state index contributed by atoms with van der Waals surface area (Å²) < 4.78 is 5.53. The summed E-state index contributed by atoms with van der Waals surface area (Å²) in [7, 11) is 0. The third-order valence-electron chi connectivity index (χ3n) is 4.92. The van der Waals surface area contributed by atoms with Crippen LogP contribution in [0.1, 0.15) is 37.1 Å². The summed E-state index contributed by atoms with van der Waals surface area (Å²) in [5.74, 6) is 1.43. The number of thiophene rings is 1. The number of rotatable bonds is 7. The van der Waals surface area contributed by atoms with Crippen LogP contribution in [0.2, 0.25) is 0 Å². The molecule has 4 nitrogen and oxygen atoms in total. The molecular formula is C20H23N3OS. The highest BCUT2D eigenvalue weighted by Gasteiger charge is 2.24. The first-order valence-corrected chi connectivity index (χ1v) is 9.91. The van der Waals surface area contributed by atoms with E-state index in [1.165, 1.54) is 31.2 Å². The second kappa shape index (κ2) is 7.93. The molecule has 4 rings (SSSR count). The normalized spacial score (nSPS) is 15.2. The second-order valence-electron chi connectivity index (χ2n) is 6.63. The van der Waals surface area contributed by atoms with Crippen LogP contribution >= 0.6 is 11.3 Å². The maximum absolute atomic E-state index is 5.53. The van der Waals surface area contributed by atoms with Gasteiger partial charge < -0.3 is 4.52 Å². The molecule has 5 heteroatoms. The van der Waals surface area contributed by atoms with Gasteiger partial charge in [-0.2, -0.15) is 4.98 Å².